The van der Waals surface area contributed by atoms with Crippen molar-refractivity contribution in [2.45, 2.75) is 31.5 Å². The van der Waals surface area contributed by atoms with Crippen molar-refractivity contribution in [3.63, 3.8) is 0 Å². The van der Waals surface area contributed by atoms with Crippen LogP contribution >= 0.6 is 0 Å². The van der Waals surface area contributed by atoms with E-state index in [4.69, 9.17) is 15.6 Å². The number of carboxylic acids is 2. The third-order valence-electron chi connectivity index (χ3n) is 4.70. The Labute approximate surface area is 198 Å². The summed E-state index contributed by atoms with van der Waals surface area (Å²) in [6, 6.07) is 25.8. The molecule has 0 unspecified atom stereocenters. The molecule has 3 aromatic carbocycles. The topological polar surface area (TPSA) is 139 Å². The van der Waals surface area contributed by atoms with E-state index in [1.54, 1.807) is 0 Å². The maximum Gasteiger partial charge on any atom is 0.408 e. The molecule has 0 radical (unpaired) electrons. The first-order valence-corrected chi connectivity index (χ1v) is 10.6. The fraction of sp³-hybridized carbons (Fsp3) is 0.192. The zero-order chi connectivity index (χ0) is 24.8. The lowest BCUT2D eigenvalue weighted by Gasteiger charge is -2.14. The van der Waals surface area contributed by atoms with Gasteiger partial charge in [0.05, 0.1) is 0 Å². The molecule has 0 saturated carbocycles. The highest BCUT2D eigenvalue weighted by molar-refractivity contribution is 5.80. The highest BCUT2D eigenvalue weighted by Gasteiger charge is 2.21. The predicted molar refractivity (Wildman–Crippen MR) is 127 cm³/mol. The molecule has 0 saturated heterocycles. The molecule has 0 aromatic heterocycles. The number of nitrogens with two attached hydrogens (primary N) is 1. The van der Waals surface area contributed by atoms with Crippen molar-refractivity contribution in [1.82, 2.24) is 5.32 Å². The van der Waals surface area contributed by atoms with Crippen LogP contribution in [0.3, 0.4) is 0 Å². The maximum atomic E-state index is 11.7. The third kappa shape index (κ3) is 9.97. The number of carbonyl (C=O) groups is 3. The number of carbonyl (C=O) groups excluding carboxylic acids is 1. The molecule has 0 aliphatic heterocycles. The number of nitrogens with one attached hydrogen (secondary N) is 1. The van der Waals surface area contributed by atoms with Crippen LogP contribution in [0.15, 0.2) is 91.0 Å². The summed E-state index contributed by atoms with van der Waals surface area (Å²) in [5.41, 5.74) is 7.97. The van der Waals surface area contributed by atoms with Gasteiger partial charge in [0.1, 0.15) is 18.7 Å². The summed E-state index contributed by atoms with van der Waals surface area (Å²) in [4.78, 5) is 33.3. The normalized spacial score (nSPS) is 11.8. The Balaban J connectivity index is 0.000000287. The van der Waals surface area contributed by atoms with Crippen LogP contribution in [0, 0.1) is 0 Å². The van der Waals surface area contributed by atoms with E-state index in [0.29, 0.717) is 6.42 Å². The van der Waals surface area contributed by atoms with Crippen molar-refractivity contribution >= 4 is 18.0 Å². The predicted octanol–water partition coefficient (Wildman–Crippen LogP) is 3.25. The molecule has 0 heterocycles. The summed E-state index contributed by atoms with van der Waals surface area (Å²) in [7, 11) is 0. The molecule has 8 heteroatoms. The van der Waals surface area contributed by atoms with E-state index in [9.17, 15) is 19.5 Å². The lowest BCUT2D eigenvalue weighted by molar-refractivity contribution is -0.139. The second-order valence-corrected chi connectivity index (χ2v) is 7.42. The molecule has 3 rings (SSSR count). The summed E-state index contributed by atoms with van der Waals surface area (Å²) < 4.78 is 5.03. The molecular weight excluding hydrogens is 436 g/mol. The van der Waals surface area contributed by atoms with Crippen molar-refractivity contribution in [3.05, 3.63) is 108 Å². The fourth-order valence-corrected chi connectivity index (χ4v) is 2.91. The van der Waals surface area contributed by atoms with Gasteiger partial charge in [-0.3, -0.25) is 4.79 Å². The fourth-order valence-electron chi connectivity index (χ4n) is 2.91. The molecule has 0 aliphatic carbocycles. The van der Waals surface area contributed by atoms with Gasteiger partial charge in [0.2, 0.25) is 0 Å². The molecule has 0 fully saturated rings. The molecule has 0 aliphatic rings. The van der Waals surface area contributed by atoms with Gasteiger partial charge < -0.3 is 26.0 Å². The first-order chi connectivity index (χ1) is 16.3. The van der Waals surface area contributed by atoms with E-state index >= 15 is 0 Å². The largest absolute Gasteiger partial charge is 0.480 e. The minimum absolute atomic E-state index is 0.102. The first kappa shape index (κ1) is 26.1. The number of benzene rings is 3. The van der Waals surface area contributed by atoms with Crippen LogP contribution in [0.2, 0.25) is 0 Å². The molecular formula is C26H28N2O6. The monoisotopic (exact) mass is 464 g/mol. The lowest BCUT2D eigenvalue weighted by atomic mass is 10.1. The van der Waals surface area contributed by atoms with Crippen LogP contribution in [-0.2, 0) is 33.8 Å². The Morgan fingerprint density at radius 2 is 1.15 bits per heavy atom. The molecule has 5 N–H and O–H groups in total. The summed E-state index contributed by atoms with van der Waals surface area (Å²) >= 11 is 0. The van der Waals surface area contributed by atoms with Crippen molar-refractivity contribution < 1.29 is 29.3 Å². The standard InChI is InChI=1S/C17H17NO4.C9H11NO2/c19-16(20)15(11-13-7-3-1-4-8-13)18-17(21)22-12-14-9-5-2-6-10-14;10-8(9(11)12)6-7-4-2-1-3-5-7/h1-10,15H,11-12H2,(H,18,21)(H,19,20);1-5,8H,6,10H2,(H,11,12)/t15-;8-/m11/s1. The third-order valence-corrected chi connectivity index (χ3v) is 4.70. The highest BCUT2D eigenvalue weighted by Crippen LogP contribution is 2.05. The van der Waals surface area contributed by atoms with Crippen LogP contribution in [0.4, 0.5) is 4.79 Å². The van der Waals surface area contributed by atoms with Crippen molar-refractivity contribution in [3.8, 4) is 0 Å². The van der Waals surface area contributed by atoms with E-state index in [0.717, 1.165) is 16.7 Å². The molecule has 34 heavy (non-hydrogen) atoms. The number of ether oxygens (including phenoxy) is 1. The maximum absolute atomic E-state index is 11.7. The number of rotatable bonds is 9. The van der Waals surface area contributed by atoms with E-state index in [1.165, 1.54) is 0 Å². The Kier molecular flexibility index (Phi) is 10.8. The average molecular weight is 465 g/mol. The number of hydrogen-bond acceptors (Lipinski definition) is 5. The zero-order valence-electron chi connectivity index (χ0n) is 18.5. The molecule has 0 spiro atoms. The van der Waals surface area contributed by atoms with Crippen LogP contribution in [-0.4, -0.2) is 40.3 Å². The molecule has 178 valence electrons. The van der Waals surface area contributed by atoms with Gasteiger partial charge in [-0.15, -0.1) is 0 Å². The van der Waals surface area contributed by atoms with Gasteiger partial charge in [-0.05, 0) is 23.1 Å². The average Bonchev–Trinajstić information content (AvgIpc) is 2.84. The Bertz CT molecular complexity index is 1030. The van der Waals surface area contributed by atoms with E-state index in [1.807, 2.05) is 91.0 Å². The number of hydrogen-bond donors (Lipinski definition) is 4. The van der Waals surface area contributed by atoms with Gasteiger partial charge in [0, 0.05) is 6.42 Å². The molecule has 3 aromatic rings. The van der Waals surface area contributed by atoms with Gasteiger partial charge in [-0.2, -0.15) is 0 Å². The van der Waals surface area contributed by atoms with Crippen LogP contribution in [0.1, 0.15) is 16.7 Å². The van der Waals surface area contributed by atoms with Crippen LogP contribution in [0.25, 0.3) is 0 Å². The van der Waals surface area contributed by atoms with E-state index in [-0.39, 0.29) is 13.0 Å². The minimum atomic E-state index is -1.10. The van der Waals surface area contributed by atoms with Gasteiger partial charge in [-0.25, -0.2) is 9.59 Å². The van der Waals surface area contributed by atoms with E-state index < -0.39 is 30.1 Å². The lowest BCUT2D eigenvalue weighted by Crippen LogP contribution is -2.42. The second kappa shape index (κ2) is 14.1. The number of aliphatic carboxylic acids is 2. The quantitative estimate of drug-likeness (QED) is 0.381. The Morgan fingerprint density at radius 1 is 0.706 bits per heavy atom. The molecule has 0 bridgehead atoms. The summed E-state index contributed by atoms with van der Waals surface area (Å²) in [6.45, 7) is 0.102. The second-order valence-electron chi connectivity index (χ2n) is 7.42. The van der Waals surface area contributed by atoms with Gasteiger partial charge in [0.15, 0.2) is 0 Å². The van der Waals surface area contributed by atoms with Crippen LogP contribution < -0.4 is 11.1 Å². The summed E-state index contributed by atoms with van der Waals surface area (Å²) in [5, 5.41) is 20.1. The highest BCUT2D eigenvalue weighted by atomic mass is 16.5. The number of alkyl carbamates (subject to hydrolysis) is 1. The molecule has 8 nitrogen and oxygen atoms in total. The minimum Gasteiger partial charge on any atom is -0.480 e. The van der Waals surface area contributed by atoms with Crippen LogP contribution in [0.5, 0.6) is 0 Å². The van der Waals surface area contributed by atoms with Crippen molar-refractivity contribution in [1.29, 1.82) is 0 Å². The molecule has 1 amide bonds. The van der Waals surface area contributed by atoms with Crippen molar-refractivity contribution in [2.75, 3.05) is 0 Å². The smallest absolute Gasteiger partial charge is 0.408 e. The molecule has 2 atom stereocenters. The summed E-state index contributed by atoms with van der Waals surface area (Å²) in [6.07, 6.45) is -0.153. The summed E-state index contributed by atoms with van der Waals surface area (Å²) in [5.74, 6) is -2.06. The van der Waals surface area contributed by atoms with E-state index in [2.05, 4.69) is 5.32 Å². The van der Waals surface area contributed by atoms with Gasteiger partial charge in [0.25, 0.3) is 0 Å². The van der Waals surface area contributed by atoms with Crippen molar-refractivity contribution in [2.24, 2.45) is 5.73 Å². The zero-order valence-corrected chi connectivity index (χ0v) is 18.5. The SMILES string of the molecule is N[C@H](Cc1ccccc1)C(=O)O.O=C(N[C@H](Cc1ccccc1)C(=O)O)OCc1ccccc1. The Hall–Kier alpha value is -4.17. The Morgan fingerprint density at radius 3 is 1.59 bits per heavy atom. The van der Waals surface area contributed by atoms with Gasteiger partial charge >= 0.3 is 18.0 Å². The number of amides is 1. The van der Waals surface area contributed by atoms with Gasteiger partial charge in [-0.1, -0.05) is 91.0 Å². The number of carboxylic acid groups (broad SMARTS) is 2. The first-order valence-electron chi connectivity index (χ1n) is 10.6.